The highest BCUT2D eigenvalue weighted by Gasteiger charge is 2.11. The predicted octanol–water partition coefficient (Wildman–Crippen LogP) is 2.26. The lowest BCUT2D eigenvalue weighted by Crippen LogP contribution is -2.03. The van der Waals surface area contributed by atoms with Gasteiger partial charge in [-0.1, -0.05) is 6.07 Å². The van der Waals surface area contributed by atoms with Crippen LogP contribution in [-0.4, -0.2) is 19.2 Å². The van der Waals surface area contributed by atoms with Crippen LogP contribution in [0.1, 0.15) is 5.69 Å². The van der Waals surface area contributed by atoms with Gasteiger partial charge in [-0.25, -0.2) is 0 Å². The first kappa shape index (κ1) is 13.0. The molecule has 0 saturated heterocycles. The van der Waals surface area contributed by atoms with Crippen molar-refractivity contribution in [1.29, 1.82) is 0 Å². The SMILES string of the molecule is COc1ccnc(COc2cccc(N)c2)c1OC. The third kappa shape index (κ3) is 3.07. The van der Waals surface area contributed by atoms with Crippen LogP contribution in [-0.2, 0) is 6.61 Å². The number of ether oxygens (including phenoxy) is 3. The smallest absolute Gasteiger partial charge is 0.185 e. The summed E-state index contributed by atoms with van der Waals surface area (Å²) in [6.07, 6.45) is 1.65. The van der Waals surface area contributed by atoms with Crippen molar-refractivity contribution < 1.29 is 14.2 Å². The molecular weight excluding hydrogens is 244 g/mol. The van der Waals surface area contributed by atoms with E-state index in [9.17, 15) is 0 Å². The maximum absolute atomic E-state index is 5.69. The minimum atomic E-state index is 0.282. The zero-order chi connectivity index (χ0) is 13.7. The van der Waals surface area contributed by atoms with E-state index in [1.54, 1.807) is 38.6 Å². The Balaban J connectivity index is 2.15. The molecule has 5 nitrogen and oxygen atoms in total. The summed E-state index contributed by atoms with van der Waals surface area (Å²) in [6, 6.07) is 8.97. The third-order valence-electron chi connectivity index (χ3n) is 2.60. The number of benzene rings is 1. The van der Waals surface area contributed by atoms with Crippen molar-refractivity contribution in [3.63, 3.8) is 0 Å². The van der Waals surface area contributed by atoms with Gasteiger partial charge in [-0.05, 0) is 12.1 Å². The molecule has 2 rings (SSSR count). The monoisotopic (exact) mass is 260 g/mol. The molecule has 0 bridgehead atoms. The van der Waals surface area contributed by atoms with Crippen molar-refractivity contribution >= 4 is 5.69 Å². The van der Waals surface area contributed by atoms with Gasteiger partial charge in [-0.2, -0.15) is 0 Å². The molecule has 0 fully saturated rings. The minimum Gasteiger partial charge on any atom is -0.493 e. The zero-order valence-electron chi connectivity index (χ0n) is 10.9. The summed E-state index contributed by atoms with van der Waals surface area (Å²) in [5, 5.41) is 0. The summed E-state index contributed by atoms with van der Waals surface area (Å²) in [5.41, 5.74) is 7.02. The standard InChI is InChI=1S/C14H16N2O3/c1-17-13-6-7-16-12(14(13)18-2)9-19-11-5-3-4-10(15)8-11/h3-8H,9,15H2,1-2H3. The fourth-order valence-electron chi connectivity index (χ4n) is 1.71. The molecule has 0 spiro atoms. The molecule has 1 aromatic carbocycles. The summed E-state index contributed by atoms with van der Waals surface area (Å²) in [4.78, 5) is 4.23. The Hall–Kier alpha value is -2.43. The van der Waals surface area contributed by atoms with Gasteiger partial charge in [0.2, 0.25) is 0 Å². The highest BCUT2D eigenvalue weighted by molar-refractivity contribution is 5.44. The van der Waals surface area contributed by atoms with Crippen molar-refractivity contribution in [3.05, 3.63) is 42.2 Å². The van der Waals surface area contributed by atoms with Gasteiger partial charge < -0.3 is 19.9 Å². The first-order chi connectivity index (χ1) is 9.24. The van der Waals surface area contributed by atoms with Crippen LogP contribution in [0.5, 0.6) is 17.2 Å². The Kier molecular flexibility index (Phi) is 4.07. The number of methoxy groups -OCH3 is 2. The number of nitrogens with zero attached hydrogens (tertiary/aromatic N) is 1. The van der Waals surface area contributed by atoms with Crippen molar-refractivity contribution in [2.45, 2.75) is 6.61 Å². The molecule has 0 radical (unpaired) electrons. The Morgan fingerprint density at radius 3 is 2.68 bits per heavy atom. The van der Waals surface area contributed by atoms with Gasteiger partial charge in [0.15, 0.2) is 11.5 Å². The normalized spacial score (nSPS) is 10.0. The second-order valence-electron chi connectivity index (χ2n) is 3.85. The molecule has 0 aliphatic rings. The van der Waals surface area contributed by atoms with Gasteiger partial charge in [0.1, 0.15) is 18.1 Å². The van der Waals surface area contributed by atoms with Crippen LogP contribution in [0.3, 0.4) is 0 Å². The van der Waals surface area contributed by atoms with Crippen molar-refractivity contribution in [3.8, 4) is 17.2 Å². The van der Waals surface area contributed by atoms with Crippen molar-refractivity contribution in [2.75, 3.05) is 20.0 Å². The van der Waals surface area contributed by atoms with Crippen LogP contribution in [0.2, 0.25) is 0 Å². The fourth-order valence-corrected chi connectivity index (χ4v) is 1.71. The molecule has 0 saturated carbocycles. The Labute approximate surface area is 111 Å². The molecule has 0 atom stereocenters. The molecule has 2 N–H and O–H groups in total. The number of hydrogen-bond acceptors (Lipinski definition) is 5. The van der Waals surface area contributed by atoms with E-state index >= 15 is 0 Å². The highest BCUT2D eigenvalue weighted by atomic mass is 16.5. The van der Waals surface area contributed by atoms with E-state index in [1.807, 2.05) is 12.1 Å². The number of rotatable bonds is 5. The average Bonchev–Trinajstić information content (AvgIpc) is 2.44. The van der Waals surface area contributed by atoms with E-state index in [0.717, 1.165) is 0 Å². The molecule has 0 unspecified atom stereocenters. The summed E-state index contributed by atoms with van der Waals surface area (Å²) >= 11 is 0. The van der Waals surface area contributed by atoms with E-state index in [-0.39, 0.29) is 6.61 Å². The van der Waals surface area contributed by atoms with Gasteiger partial charge in [-0.3, -0.25) is 4.98 Å². The average molecular weight is 260 g/mol. The Morgan fingerprint density at radius 1 is 1.16 bits per heavy atom. The van der Waals surface area contributed by atoms with Gasteiger partial charge in [0, 0.05) is 24.0 Å². The van der Waals surface area contributed by atoms with Crippen LogP contribution >= 0.6 is 0 Å². The number of nitrogens with two attached hydrogens (primary N) is 1. The molecular formula is C14H16N2O3. The van der Waals surface area contributed by atoms with Crippen LogP contribution in [0.4, 0.5) is 5.69 Å². The molecule has 0 amide bonds. The number of hydrogen-bond donors (Lipinski definition) is 1. The molecule has 2 aromatic rings. The lowest BCUT2D eigenvalue weighted by molar-refractivity contribution is 0.285. The maximum Gasteiger partial charge on any atom is 0.185 e. The Bertz CT molecular complexity index is 558. The predicted molar refractivity (Wildman–Crippen MR) is 72.5 cm³/mol. The quantitative estimate of drug-likeness (QED) is 0.835. The van der Waals surface area contributed by atoms with Gasteiger partial charge in [0.05, 0.1) is 14.2 Å². The van der Waals surface area contributed by atoms with Gasteiger partial charge in [0.25, 0.3) is 0 Å². The topological polar surface area (TPSA) is 66.6 Å². The third-order valence-corrected chi connectivity index (χ3v) is 2.60. The molecule has 100 valence electrons. The van der Waals surface area contributed by atoms with Crippen LogP contribution in [0.15, 0.2) is 36.5 Å². The lowest BCUT2D eigenvalue weighted by Gasteiger charge is -2.12. The van der Waals surface area contributed by atoms with E-state index in [0.29, 0.717) is 28.6 Å². The summed E-state index contributed by atoms with van der Waals surface area (Å²) in [7, 11) is 3.16. The second kappa shape index (κ2) is 5.95. The minimum absolute atomic E-state index is 0.282. The van der Waals surface area contributed by atoms with E-state index < -0.39 is 0 Å². The van der Waals surface area contributed by atoms with Gasteiger partial charge in [-0.15, -0.1) is 0 Å². The number of aromatic nitrogens is 1. The Morgan fingerprint density at radius 2 is 2.00 bits per heavy atom. The maximum atomic E-state index is 5.69. The first-order valence-corrected chi connectivity index (χ1v) is 5.78. The van der Waals surface area contributed by atoms with E-state index in [4.69, 9.17) is 19.9 Å². The largest absolute Gasteiger partial charge is 0.493 e. The number of pyridine rings is 1. The van der Waals surface area contributed by atoms with Gasteiger partial charge >= 0.3 is 0 Å². The molecule has 5 heteroatoms. The second-order valence-corrected chi connectivity index (χ2v) is 3.85. The summed E-state index contributed by atoms with van der Waals surface area (Å²) in [6.45, 7) is 0.282. The molecule has 1 aromatic heterocycles. The van der Waals surface area contributed by atoms with E-state index in [2.05, 4.69) is 4.98 Å². The van der Waals surface area contributed by atoms with Crippen LogP contribution in [0, 0.1) is 0 Å². The molecule has 0 aliphatic heterocycles. The van der Waals surface area contributed by atoms with E-state index in [1.165, 1.54) is 0 Å². The van der Waals surface area contributed by atoms with Crippen molar-refractivity contribution in [2.24, 2.45) is 0 Å². The summed E-state index contributed by atoms with van der Waals surface area (Å²) in [5.74, 6) is 1.89. The number of nitrogen functional groups attached to an aromatic ring is 1. The molecule has 19 heavy (non-hydrogen) atoms. The fraction of sp³-hybridized carbons (Fsp3) is 0.214. The molecule has 0 aliphatic carbocycles. The first-order valence-electron chi connectivity index (χ1n) is 5.78. The number of anilines is 1. The van der Waals surface area contributed by atoms with Crippen LogP contribution < -0.4 is 19.9 Å². The summed E-state index contributed by atoms with van der Waals surface area (Å²) < 4.78 is 16.1. The molecule has 1 heterocycles. The zero-order valence-corrected chi connectivity index (χ0v) is 10.9. The highest BCUT2D eigenvalue weighted by Crippen LogP contribution is 2.29. The van der Waals surface area contributed by atoms with Crippen LogP contribution in [0.25, 0.3) is 0 Å². The lowest BCUT2D eigenvalue weighted by atomic mass is 10.3. The van der Waals surface area contributed by atoms with Crippen molar-refractivity contribution in [1.82, 2.24) is 4.98 Å².